The molecule has 1 aliphatic rings. The van der Waals surface area contributed by atoms with Crippen molar-refractivity contribution in [2.24, 2.45) is 23.4 Å². The second-order valence-electron chi connectivity index (χ2n) is 8.68. The van der Waals surface area contributed by atoms with E-state index in [1.807, 2.05) is 19.9 Å². The Morgan fingerprint density at radius 1 is 1.24 bits per heavy atom. The highest BCUT2D eigenvalue weighted by Crippen LogP contribution is 2.33. The van der Waals surface area contributed by atoms with Gasteiger partial charge in [-0.15, -0.1) is 0 Å². The molecule has 1 fully saturated rings. The van der Waals surface area contributed by atoms with Crippen LogP contribution in [-0.2, 0) is 0 Å². The van der Waals surface area contributed by atoms with Crippen molar-refractivity contribution < 1.29 is 5.11 Å². The Balaban J connectivity index is 0.00000135. The summed E-state index contributed by atoms with van der Waals surface area (Å²) in [5.74, 6) is 8.17. The number of hydrogen-bond acceptors (Lipinski definition) is 10. The van der Waals surface area contributed by atoms with Gasteiger partial charge in [0.2, 0.25) is 0 Å². The number of nitrogens with zero attached hydrogens (tertiary/aromatic N) is 5. The van der Waals surface area contributed by atoms with E-state index in [2.05, 4.69) is 33.6 Å². The molecule has 0 saturated heterocycles. The number of nitrogens with two attached hydrogens (primary N) is 2. The van der Waals surface area contributed by atoms with Crippen molar-refractivity contribution >= 4 is 34.6 Å². The van der Waals surface area contributed by atoms with Gasteiger partial charge in [-0.25, -0.2) is 15.8 Å². The summed E-state index contributed by atoms with van der Waals surface area (Å²) in [6.07, 6.45) is 9.14. The molecule has 0 bridgehead atoms. The Kier molecular flexibility index (Phi) is 14.6. The predicted octanol–water partition coefficient (Wildman–Crippen LogP) is 5.40. The van der Waals surface area contributed by atoms with E-state index in [1.165, 1.54) is 17.3 Å². The summed E-state index contributed by atoms with van der Waals surface area (Å²) in [7, 11) is 0. The van der Waals surface area contributed by atoms with Gasteiger partial charge in [-0.1, -0.05) is 45.2 Å². The van der Waals surface area contributed by atoms with Gasteiger partial charge >= 0.3 is 0 Å². The first kappa shape index (κ1) is 32.5. The quantitative estimate of drug-likeness (QED) is 0.225. The maximum Gasteiger partial charge on any atom is 0.150 e. The Bertz CT molecular complexity index is 1120. The Morgan fingerprint density at radius 3 is 2.42 bits per heavy atom. The van der Waals surface area contributed by atoms with Gasteiger partial charge in [0.1, 0.15) is 23.7 Å². The topological polar surface area (TPSA) is 173 Å². The molecule has 0 unspecified atom stereocenters. The van der Waals surface area contributed by atoms with Gasteiger partial charge < -0.3 is 21.5 Å². The molecular formula is C27H40ClN9O. The van der Waals surface area contributed by atoms with Crippen molar-refractivity contribution in [3.05, 3.63) is 47.0 Å². The van der Waals surface area contributed by atoms with Gasteiger partial charge in [-0.3, -0.25) is 5.01 Å². The number of aliphatic hydroxyl groups is 1. The molecule has 2 heterocycles. The van der Waals surface area contributed by atoms with Crippen LogP contribution < -0.4 is 27.2 Å². The van der Waals surface area contributed by atoms with Crippen molar-refractivity contribution in [2.75, 3.05) is 22.2 Å². The molecule has 11 heteroatoms. The minimum absolute atomic E-state index is 0.250. The Labute approximate surface area is 231 Å². The molecule has 0 radical (unpaired) electrons. The van der Waals surface area contributed by atoms with Crippen LogP contribution in [0, 0.1) is 34.5 Å². The minimum atomic E-state index is -0.467. The molecule has 1 atom stereocenters. The number of hydrogen-bond donors (Lipinski definition) is 5. The van der Waals surface area contributed by atoms with E-state index in [4.69, 9.17) is 33.5 Å². The van der Waals surface area contributed by atoms with Gasteiger partial charge in [0.15, 0.2) is 0 Å². The maximum absolute atomic E-state index is 9.28. The van der Waals surface area contributed by atoms with Crippen LogP contribution in [-0.4, -0.2) is 27.7 Å². The van der Waals surface area contributed by atoms with Crippen LogP contribution in [0.3, 0.4) is 0 Å². The summed E-state index contributed by atoms with van der Waals surface area (Å²) in [5, 5.41) is 33.7. The molecule has 7 N–H and O–H groups in total. The number of allylic oxidation sites excluding steroid dienone is 1. The molecule has 3 rings (SSSR count). The highest BCUT2D eigenvalue weighted by atomic mass is 35.5. The number of nitriles is 2. The fourth-order valence-electron chi connectivity index (χ4n) is 3.74. The summed E-state index contributed by atoms with van der Waals surface area (Å²) < 4.78 is 0. The van der Waals surface area contributed by atoms with E-state index in [9.17, 15) is 5.26 Å². The third-order valence-electron chi connectivity index (χ3n) is 5.72. The number of hydrazine groups is 1. The van der Waals surface area contributed by atoms with Crippen LogP contribution in [0.15, 0.2) is 36.4 Å². The molecule has 38 heavy (non-hydrogen) atoms. The Hall–Kier alpha value is -3.57. The summed E-state index contributed by atoms with van der Waals surface area (Å²) in [5.41, 5.74) is 8.62. The average Bonchev–Trinajstić information content (AvgIpc) is 2.91. The van der Waals surface area contributed by atoms with Crippen molar-refractivity contribution in [1.29, 1.82) is 10.5 Å². The zero-order valence-corrected chi connectivity index (χ0v) is 23.6. The number of aromatic nitrogens is 2. The first-order chi connectivity index (χ1) is 18.2. The third-order valence-corrected chi connectivity index (χ3v) is 6.01. The molecule has 2 aromatic heterocycles. The number of rotatable bonds is 7. The number of nitrogens with one attached hydrogen (secondary N) is 2. The fraction of sp³-hybridized carbons (Fsp3) is 0.481. The van der Waals surface area contributed by atoms with E-state index in [-0.39, 0.29) is 11.6 Å². The van der Waals surface area contributed by atoms with Gasteiger partial charge in [-0.2, -0.15) is 10.5 Å². The third kappa shape index (κ3) is 10.1. The molecule has 0 spiro atoms. The first-order valence-corrected chi connectivity index (χ1v) is 13.2. The smallest absolute Gasteiger partial charge is 0.150 e. The lowest BCUT2D eigenvalue weighted by molar-refractivity contribution is 0.318. The standard InChI is InChI=1S/C23H28ClN9.C2H6O.C2H6/c1-14-3-5-17(6-4-14)19(27)13-33(28)21-12-29-22(8-20(21)31-15(2)9-25)32-23-18(24)7-16(10-26)11-30-23;1-2-3;1-2/h7-8,11-15,17H,3-6,27-28H2,1-2H3,(H2,29,30,31,32);3H,2H2,1H3;1-2H3/b19-13-;;/t14?,15-,17?;;/m1../s1. The summed E-state index contributed by atoms with van der Waals surface area (Å²) in [6.45, 7) is 9.94. The lowest BCUT2D eigenvalue weighted by Gasteiger charge is -2.28. The van der Waals surface area contributed by atoms with Crippen molar-refractivity contribution in [2.45, 2.75) is 66.3 Å². The molecule has 10 nitrogen and oxygen atoms in total. The number of aliphatic hydroxyl groups excluding tert-OH is 1. The van der Waals surface area contributed by atoms with E-state index in [0.717, 1.165) is 37.3 Å². The maximum atomic E-state index is 9.28. The second kappa shape index (κ2) is 17.0. The van der Waals surface area contributed by atoms with E-state index < -0.39 is 6.04 Å². The number of pyridine rings is 2. The first-order valence-electron chi connectivity index (χ1n) is 12.8. The van der Waals surface area contributed by atoms with Crippen LogP contribution in [0.4, 0.5) is 23.0 Å². The minimum Gasteiger partial charge on any atom is -0.401 e. The molecule has 0 amide bonds. The SMILES string of the molecule is CC.CC1CCC(/C(N)=C/N(N)c2cnc(Nc3ncc(C#N)cc3Cl)cc2N[C@H](C)C#N)CC1.CCO. The summed E-state index contributed by atoms with van der Waals surface area (Å²) >= 11 is 6.21. The molecular weight excluding hydrogens is 502 g/mol. The summed E-state index contributed by atoms with van der Waals surface area (Å²) in [6, 6.07) is 6.91. The molecule has 2 aromatic rings. The van der Waals surface area contributed by atoms with E-state index in [0.29, 0.717) is 34.5 Å². The normalized spacial score (nSPS) is 17.3. The van der Waals surface area contributed by atoms with Gasteiger partial charge in [0.05, 0.1) is 34.2 Å². The van der Waals surface area contributed by atoms with Crippen LogP contribution >= 0.6 is 11.6 Å². The molecule has 0 aromatic carbocycles. The van der Waals surface area contributed by atoms with E-state index >= 15 is 0 Å². The predicted molar refractivity (Wildman–Crippen MR) is 154 cm³/mol. The van der Waals surface area contributed by atoms with Crippen molar-refractivity contribution in [3.8, 4) is 12.1 Å². The largest absolute Gasteiger partial charge is 0.401 e. The zero-order chi connectivity index (χ0) is 28.7. The van der Waals surface area contributed by atoms with Gasteiger partial charge in [-0.05, 0) is 44.6 Å². The van der Waals surface area contributed by atoms with E-state index in [1.54, 1.807) is 32.3 Å². The van der Waals surface area contributed by atoms with Crippen LogP contribution in [0.1, 0.15) is 65.9 Å². The van der Waals surface area contributed by atoms with Crippen LogP contribution in [0.5, 0.6) is 0 Å². The number of halogens is 1. The van der Waals surface area contributed by atoms with Crippen molar-refractivity contribution in [3.63, 3.8) is 0 Å². The molecule has 1 saturated carbocycles. The lowest BCUT2D eigenvalue weighted by Crippen LogP contribution is -2.30. The lowest BCUT2D eigenvalue weighted by atomic mass is 9.81. The molecule has 206 valence electrons. The fourth-order valence-corrected chi connectivity index (χ4v) is 3.96. The van der Waals surface area contributed by atoms with Crippen LogP contribution in [0.2, 0.25) is 5.02 Å². The Morgan fingerprint density at radius 2 is 1.87 bits per heavy atom. The highest BCUT2D eigenvalue weighted by Gasteiger charge is 2.21. The molecule has 1 aliphatic carbocycles. The van der Waals surface area contributed by atoms with Crippen LogP contribution in [0.25, 0.3) is 0 Å². The van der Waals surface area contributed by atoms with Gasteiger partial charge in [0.25, 0.3) is 0 Å². The number of anilines is 4. The second-order valence-corrected chi connectivity index (χ2v) is 9.09. The summed E-state index contributed by atoms with van der Waals surface area (Å²) in [4.78, 5) is 8.58. The zero-order valence-electron chi connectivity index (χ0n) is 22.9. The van der Waals surface area contributed by atoms with Gasteiger partial charge in [0, 0.05) is 30.8 Å². The van der Waals surface area contributed by atoms with Crippen molar-refractivity contribution in [1.82, 2.24) is 9.97 Å². The monoisotopic (exact) mass is 541 g/mol. The molecule has 0 aliphatic heterocycles. The highest BCUT2D eigenvalue weighted by molar-refractivity contribution is 6.33. The average molecular weight is 542 g/mol.